The predicted molar refractivity (Wildman–Crippen MR) is 57.7 cm³/mol. The number of nitrogens with zero attached hydrogens (tertiary/aromatic N) is 1. The molecule has 1 heterocycles. The maximum absolute atomic E-state index is 11.0. The van der Waals surface area contributed by atoms with E-state index in [9.17, 15) is 4.79 Å². The van der Waals surface area contributed by atoms with Crippen molar-refractivity contribution in [1.82, 2.24) is 4.98 Å². The van der Waals surface area contributed by atoms with E-state index in [2.05, 4.69) is 10.4 Å². The number of aromatic nitrogens is 1. The van der Waals surface area contributed by atoms with Gasteiger partial charge in [0.25, 0.3) is 0 Å². The maximum Gasteiger partial charge on any atom is 0.337 e. The Bertz CT molecular complexity index is 383. The van der Waals surface area contributed by atoms with Crippen LogP contribution in [-0.4, -0.2) is 16.1 Å². The first kappa shape index (κ1) is 11.5. The Morgan fingerprint density at radius 3 is 2.47 bits per heavy atom. The SMILES string of the molecule is CC(C)(C)c1nc(NN)ccc1C(=O)O. The van der Waals surface area contributed by atoms with Gasteiger partial charge in [0, 0.05) is 5.41 Å². The van der Waals surface area contributed by atoms with Crippen LogP contribution in [0, 0.1) is 0 Å². The number of pyridine rings is 1. The van der Waals surface area contributed by atoms with Gasteiger partial charge in [-0.15, -0.1) is 0 Å². The molecule has 0 fully saturated rings. The van der Waals surface area contributed by atoms with Crippen molar-refractivity contribution in [2.75, 3.05) is 5.43 Å². The van der Waals surface area contributed by atoms with Crippen molar-refractivity contribution in [2.45, 2.75) is 26.2 Å². The molecular formula is C10H15N3O2. The van der Waals surface area contributed by atoms with Gasteiger partial charge in [0.1, 0.15) is 5.82 Å². The fourth-order valence-corrected chi connectivity index (χ4v) is 1.28. The van der Waals surface area contributed by atoms with Crippen molar-refractivity contribution in [3.8, 4) is 0 Å². The third-order valence-electron chi connectivity index (χ3n) is 1.98. The van der Waals surface area contributed by atoms with Crippen LogP contribution in [0.15, 0.2) is 12.1 Å². The van der Waals surface area contributed by atoms with E-state index in [4.69, 9.17) is 10.9 Å². The van der Waals surface area contributed by atoms with Gasteiger partial charge in [-0.1, -0.05) is 20.8 Å². The molecule has 0 unspecified atom stereocenters. The zero-order chi connectivity index (χ0) is 11.6. The van der Waals surface area contributed by atoms with Crippen molar-refractivity contribution in [1.29, 1.82) is 0 Å². The third kappa shape index (κ3) is 2.44. The van der Waals surface area contributed by atoms with Gasteiger partial charge in [-0.3, -0.25) is 0 Å². The fraction of sp³-hybridized carbons (Fsp3) is 0.400. The summed E-state index contributed by atoms with van der Waals surface area (Å²) in [4.78, 5) is 15.1. The predicted octanol–water partition coefficient (Wildman–Crippen LogP) is 1.36. The molecule has 0 saturated carbocycles. The van der Waals surface area contributed by atoms with Gasteiger partial charge in [-0.2, -0.15) is 0 Å². The van der Waals surface area contributed by atoms with Crippen LogP contribution in [0.1, 0.15) is 36.8 Å². The lowest BCUT2D eigenvalue weighted by atomic mass is 9.88. The molecule has 4 N–H and O–H groups in total. The first-order valence-corrected chi connectivity index (χ1v) is 4.57. The Hall–Kier alpha value is -1.62. The second-order valence-corrected chi connectivity index (χ2v) is 4.29. The average molecular weight is 209 g/mol. The molecule has 1 aromatic rings. The summed E-state index contributed by atoms with van der Waals surface area (Å²) in [5, 5.41) is 9.00. The molecular weight excluding hydrogens is 194 g/mol. The summed E-state index contributed by atoms with van der Waals surface area (Å²) in [6.07, 6.45) is 0. The molecule has 0 radical (unpaired) electrons. The minimum Gasteiger partial charge on any atom is -0.478 e. The number of carboxylic acids is 1. The molecule has 0 atom stereocenters. The molecule has 0 amide bonds. The van der Waals surface area contributed by atoms with Gasteiger partial charge in [0.15, 0.2) is 0 Å². The summed E-state index contributed by atoms with van der Waals surface area (Å²) in [7, 11) is 0. The monoisotopic (exact) mass is 209 g/mol. The number of carboxylic acid groups (broad SMARTS) is 1. The Morgan fingerprint density at radius 1 is 1.47 bits per heavy atom. The number of nitrogen functional groups attached to an aromatic ring is 1. The lowest BCUT2D eigenvalue weighted by Gasteiger charge is -2.20. The zero-order valence-corrected chi connectivity index (χ0v) is 9.03. The van der Waals surface area contributed by atoms with E-state index in [1.54, 1.807) is 6.07 Å². The number of aromatic carboxylic acids is 1. The number of nitrogens with one attached hydrogen (secondary N) is 1. The summed E-state index contributed by atoms with van der Waals surface area (Å²) >= 11 is 0. The molecule has 0 aliphatic heterocycles. The van der Waals surface area contributed by atoms with Gasteiger partial charge in [-0.05, 0) is 12.1 Å². The molecule has 82 valence electrons. The van der Waals surface area contributed by atoms with E-state index < -0.39 is 5.97 Å². The molecule has 0 aliphatic rings. The molecule has 0 saturated heterocycles. The van der Waals surface area contributed by atoms with Crippen molar-refractivity contribution < 1.29 is 9.90 Å². The zero-order valence-electron chi connectivity index (χ0n) is 9.03. The summed E-state index contributed by atoms with van der Waals surface area (Å²) in [6.45, 7) is 5.71. The molecule has 0 bridgehead atoms. The number of hydrogen-bond acceptors (Lipinski definition) is 4. The number of hydrazine groups is 1. The highest BCUT2D eigenvalue weighted by atomic mass is 16.4. The minimum absolute atomic E-state index is 0.210. The minimum atomic E-state index is -0.976. The van der Waals surface area contributed by atoms with Crippen molar-refractivity contribution in [3.05, 3.63) is 23.4 Å². The quantitative estimate of drug-likeness (QED) is 0.505. The number of nitrogens with two attached hydrogens (primary N) is 1. The van der Waals surface area contributed by atoms with E-state index in [0.29, 0.717) is 11.5 Å². The number of hydrogen-bond donors (Lipinski definition) is 3. The summed E-state index contributed by atoms with van der Waals surface area (Å²) < 4.78 is 0. The van der Waals surface area contributed by atoms with Crippen LogP contribution in [0.2, 0.25) is 0 Å². The fourth-order valence-electron chi connectivity index (χ4n) is 1.28. The summed E-state index contributed by atoms with van der Waals surface area (Å²) in [5.41, 5.74) is 2.80. The molecule has 5 nitrogen and oxygen atoms in total. The standard InChI is InChI=1S/C10H15N3O2/c1-10(2,3)8-6(9(14)15)4-5-7(12-8)13-11/h4-5H,11H2,1-3H3,(H,12,13)(H,14,15). The van der Waals surface area contributed by atoms with Gasteiger partial charge < -0.3 is 10.5 Å². The van der Waals surface area contributed by atoms with Crippen LogP contribution < -0.4 is 11.3 Å². The highest BCUT2D eigenvalue weighted by molar-refractivity contribution is 5.89. The summed E-state index contributed by atoms with van der Waals surface area (Å²) in [5.74, 6) is 4.72. The van der Waals surface area contributed by atoms with Gasteiger partial charge in [0.05, 0.1) is 11.3 Å². The van der Waals surface area contributed by atoms with Crippen molar-refractivity contribution >= 4 is 11.8 Å². The molecule has 5 heteroatoms. The lowest BCUT2D eigenvalue weighted by Crippen LogP contribution is -2.21. The highest BCUT2D eigenvalue weighted by Crippen LogP contribution is 2.25. The smallest absolute Gasteiger partial charge is 0.337 e. The van der Waals surface area contributed by atoms with Crippen LogP contribution in [0.3, 0.4) is 0 Å². The Labute approximate surface area is 88.3 Å². The van der Waals surface area contributed by atoms with Crippen molar-refractivity contribution in [2.24, 2.45) is 5.84 Å². The largest absolute Gasteiger partial charge is 0.478 e. The van der Waals surface area contributed by atoms with Gasteiger partial charge in [0.2, 0.25) is 0 Å². The maximum atomic E-state index is 11.0. The number of rotatable bonds is 2. The van der Waals surface area contributed by atoms with Crippen LogP contribution in [0.4, 0.5) is 5.82 Å². The Balaban J connectivity index is 3.36. The van der Waals surface area contributed by atoms with E-state index in [1.165, 1.54) is 6.07 Å². The second-order valence-electron chi connectivity index (χ2n) is 4.29. The molecule has 1 aromatic heterocycles. The second kappa shape index (κ2) is 3.86. The van der Waals surface area contributed by atoms with Crippen LogP contribution in [0.5, 0.6) is 0 Å². The molecule has 0 aliphatic carbocycles. The Morgan fingerprint density at radius 2 is 2.07 bits per heavy atom. The van der Waals surface area contributed by atoms with E-state index in [-0.39, 0.29) is 11.0 Å². The van der Waals surface area contributed by atoms with E-state index in [0.717, 1.165) is 0 Å². The number of carbonyl (C=O) groups is 1. The topological polar surface area (TPSA) is 88.2 Å². The van der Waals surface area contributed by atoms with Gasteiger partial charge >= 0.3 is 5.97 Å². The first-order valence-electron chi connectivity index (χ1n) is 4.57. The Kier molecular flexibility index (Phi) is 2.95. The molecule has 0 spiro atoms. The molecule has 0 aromatic carbocycles. The van der Waals surface area contributed by atoms with Gasteiger partial charge in [-0.25, -0.2) is 15.6 Å². The van der Waals surface area contributed by atoms with Crippen LogP contribution in [-0.2, 0) is 5.41 Å². The lowest BCUT2D eigenvalue weighted by molar-refractivity contribution is 0.0693. The average Bonchev–Trinajstić information content (AvgIpc) is 2.15. The highest BCUT2D eigenvalue weighted by Gasteiger charge is 2.23. The summed E-state index contributed by atoms with van der Waals surface area (Å²) in [6, 6.07) is 3.05. The third-order valence-corrected chi connectivity index (χ3v) is 1.98. The normalized spacial score (nSPS) is 11.2. The van der Waals surface area contributed by atoms with E-state index in [1.807, 2.05) is 20.8 Å². The first-order chi connectivity index (χ1) is 6.86. The molecule has 1 rings (SSSR count). The van der Waals surface area contributed by atoms with Crippen molar-refractivity contribution in [3.63, 3.8) is 0 Å². The number of anilines is 1. The van der Waals surface area contributed by atoms with Crippen LogP contribution in [0.25, 0.3) is 0 Å². The van der Waals surface area contributed by atoms with Crippen LogP contribution >= 0.6 is 0 Å². The molecule has 15 heavy (non-hydrogen) atoms. The van der Waals surface area contributed by atoms with E-state index >= 15 is 0 Å².